The summed E-state index contributed by atoms with van der Waals surface area (Å²) in [6.07, 6.45) is 2.69. The van der Waals surface area contributed by atoms with Crippen molar-refractivity contribution in [3.05, 3.63) is 29.3 Å². The van der Waals surface area contributed by atoms with Crippen molar-refractivity contribution < 1.29 is 14.9 Å². The summed E-state index contributed by atoms with van der Waals surface area (Å²) in [6.45, 7) is 2.71. The van der Waals surface area contributed by atoms with E-state index in [-0.39, 0.29) is 6.61 Å². The Morgan fingerprint density at radius 2 is 2.20 bits per heavy atom. The minimum Gasteiger partial charge on any atom is -0.496 e. The van der Waals surface area contributed by atoms with E-state index in [9.17, 15) is 10.2 Å². The maximum atomic E-state index is 10.4. The largest absolute Gasteiger partial charge is 0.496 e. The summed E-state index contributed by atoms with van der Waals surface area (Å²) in [4.78, 5) is 0. The molecule has 0 amide bonds. The van der Waals surface area contributed by atoms with Crippen molar-refractivity contribution in [3.8, 4) is 5.75 Å². The molecule has 1 aromatic rings. The third-order valence-corrected chi connectivity index (χ3v) is 4.21. The van der Waals surface area contributed by atoms with Gasteiger partial charge in [-0.2, -0.15) is 0 Å². The number of aliphatic hydroxyl groups excluding tert-OH is 2. The van der Waals surface area contributed by atoms with Crippen molar-refractivity contribution in [2.24, 2.45) is 5.92 Å². The van der Waals surface area contributed by atoms with Gasteiger partial charge in [0.15, 0.2) is 0 Å². The molecule has 3 atom stereocenters. The molecule has 0 spiro atoms. The summed E-state index contributed by atoms with van der Waals surface area (Å²) in [6, 6.07) is 6.13. The van der Waals surface area contributed by atoms with E-state index in [0.29, 0.717) is 18.5 Å². The standard InChI is InChI=1S/C16H25NO3/c1-11-6-7-16(20-2)13(8-11)15(19)9-17-14-5-3-4-12(14)10-18/h6-8,12,14-15,17-19H,3-5,9-10H2,1-2H3. The first-order valence-corrected chi connectivity index (χ1v) is 7.32. The van der Waals surface area contributed by atoms with Crippen molar-refractivity contribution in [2.75, 3.05) is 20.3 Å². The van der Waals surface area contributed by atoms with Crippen molar-refractivity contribution in [1.29, 1.82) is 0 Å². The van der Waals surface area contributed by atoms with Crippen molar-refractivity contribution >= 4 is 0 Å². The van der Waals surface area contributed by atoms with Gasteiger partial charge in [-0.3, -0.25) is 0 Å². The average molecular weight is 279 g/mol. The molecule has 1 aliphatic carbocycles. The molecule has 20 heavy (non-hydrogen) atoms. The number of aliphatic hydroxyl groups is 2. The van der Waals surface area contributed by atoms with Crippen molar-refractivity contribution in [2.45, 2.75) is 38.3 Å². The van der Waals surface area contributed by atoms with E-state index in [0.717, 1.165) is 36.1 Å². The lowest BCUT2D eigenvalue weighted by molar-refractivity contribution is 0.152. The van der Waals surface area contributed by atoms with Gasteiger partial charge < -0.3 is 20.3 Å². The Kier molecular flexibility index (Phi) is 5.40. The Bertz CT molecular complexity index is 436. The highest BCUT2D eigenvalue weighted by molar-refractivity contribution is 5.38. The molecule has 0 aromatic heterocycles. The summed E-state index contributed by atoms with van der Waals surface area (Å²) in [5, 5.41) is 23.1. The van der Waals surface area contributed by atoms with Gasteiger partial charge >= 0.3 is 0 Å². The van der Waals surface area contributed by atoms with Crippen LogP contribution in [0.5, 0.6) is 5.75 Å². The van der Waals surface area contributed by atoms with Gasteiger partial charge in [0.2, 0.25) is 0 Å². The van der Waals surface area contributed by atoms with E-state index in [4.69, 9.17) is 4.74 Å². The fourth-order valence-electron chi connectivity index (χ4n) is 3.01. The molecule has 1 fully saturated rings. The molecular formula is C16H25NO3. The predicted molar refractivity (Wildman–Crippen MR) is 78.9 cm³/mol. The van der Waals surface area contributed by atoms with Crippen LogP contribution >= 0.6 is 0 Å². The Hall–Kier alpha value is -1.10. The number of nitrogens with one attached hydrogen (secondary N) is 1. The second-order valence-electron chi connectivity index (χ2n) is 5.65. The van der Waals surface area contributed by atoms with Gasteiger partial charge in [-0.25, -0.2) is 0 Å². The lowest BCUT2D eigenvalue weighted by Crippen LogP contribution is -2.36. The summed E-state index contributed by atoms with van der Waals surface area (Å²) < 4.78 is 5.31. The average Bonchev–Trinajstić information content (AvgIpc) is 2.92. The number of methoxy groups -OCH3 is 1. The molecule has 0 saturated heterocycles. The van der Waals surface area contributed by atoms with Gasteiger partial charge in [0.25, 0.3) is 0 Å². The molecule has 3 N–H and O–H groups in total. The second-order valence-corrected chi connectivity index (χ2v) is 5.65. The normalized spacial score (nSPS) is 23.8. The van der Waals surface area contributed by atoms with Gasteiger partial charge in [0.05, 0.1) is 13.2 Å². The van der Waals surface area contributed by atoms with E-state index >= 15 is 0 Å². The first-order valence-electron chi connectivity index (χ1n) is 7.32. The van der Waals surface area contributed by atoms with Crippen LogP contribution in [0.15, 0.2) is 18.2 Å². The number of hydrogen-bond donors (Lipinski definition) is 3. The zero-order chi connectivity index (χ0) is 14.5. The highest BCUT2D eigenvalue weighted by Gasteiger charge is 2.27. The smallest absolute Gasteiger partial charge is 0.124 e. The minimum atomic E-state index is -0.593. The molecule has 2 rings (SSSR count). The molecule has 1 aromatic carbocycles. The van der Waals surface area contributed by atoms with Crippen LogP contribution in [0.3, 0.4) is 0 Å². The molecule has 4 nitrogen and oxygen atoms in total. The van der Waals surface area contributed by atoms with Crippen LogP contribution in [0.25, 0.3) is 0 Å². The van der Waals surface area contributed by atoms with Crippen LogP contribution in [0.4, 0.5) is 0 Å². The quantitative estimate of drug-likeness (QED) is 0.743. The highest BCUT2D eigenvalue weighted by atomic mass is 16.5. The molecule has 0 radical (unpaired) electrons. The summed E-state index contributed by atoms with van der Waals surface area (Å²) >= 11 is 0. The van der Waals surface area contributed by atoms with E-state index in [1.54, 1.807) is 7.11 Å². The van der Waals surface area contributed by atoms with Crippen LogP contribution in [0, 0.1) is 12.8 Å². The van der Waals surface area contributed by atoms with Crippen LogP contribution in [-0.2, 0) is 0 Å². The molecule has 1 aliphatic rings. The Labute approximate surface area is 120 Å². The first-order chi connectivity index (χ1) is 9.65. The van der Waals surface area contributed by atoms with E-state index in [1.165, 1.54) is 0 Å². The van der Waals surface area contributed by atoms with E-state index in [1.807, 2.05) is 25.1 Å². The Morgan fingerprint density at radius 3 is 2.90 bits per heavy atom. The molecule has 1 saturated carbocycles. The maximum Gasteiger partial charge on any atom is 0.124 e. The SMILES string of the molecule is COc1ccc(C)cc1C(O)CNC1CCCC1CO. The lowest BCUT2D eigenvalue weighted by atomic mass is 10.0. The predicted octanol–water partition coefficient (Wildman–Crippen LogP) is 1.79. The van der Waals surface area contributed by atoms with Crippen LogP contribution < -0.4 is 10.1 Å². The van der Waals surface area contributed by atoms with Gasteiger partial charge in [0.1, 0.15) is 5.75 Å². The molecule has 0 aliphatic heterocycles. The molecule has 112 valence electrons. The Morgan fingerprint density at radius 1 is 1.40 bits per heavy atom. The third kappa shape index (κ3) is 3.51. The first kappa shape index (κ1) is 15.3. The number of hydrogen-bond acceptors (Lipinski definition) is 4. The number of rotatable bonds is 6. The van der Waals surface area contributed by atoms with Gasteiger partial charge in [-0.15, -0.1) is 0 Å². The number of ether oxygens (including phenoxy) is 1. The van der Waals surface area contributed by atoms with Gasteiger partial charge in [-0.05, 0) is 37.8 Å². The van der Waals surface area contributed by atoms with Crippen molar-refractivity contribution in [1.82, 2.24) is 5.32 Å². The summed E-state index contributed by atoms with van der Waals surface area (Å²) in [7, 11) is 1.62. The summed E-state index contributed by atoms with van der Waals surface area (Å²) in [5.41, 5.74) is 1.92. The highest BCUT2D eigenvalue weighted by Crippen LogP contribution is 2.28. The van der Waals surface area contributed by atoms with Crippen LogP contribution in [0.2, 0.25) is 0 Å². The minimum absolute atomic E-state index is 0.224. The van der Waals surface area contributed by atoms with Gasteiger partial charge in [-0.1, -0.05) is 18.1 Å². The van der Waals surface area contributed by atoms with Crippen molar-refractivity contribution in [3.63, 3.8) is 0 Å². The number of aryl methyl sites for hydroxylation is 1. The zero-order valence-electron chi connectivity index (χ0n) is 12.3. The molecule has 4 heteroatoms. The molecule has 3 unspecified atom stereocenters. The van der Waals surface area contributed by atoms with E-state index in [2.05, 4.69) is 5.32 Å². The molecule has 0 bridgehead atoms. The fourth-order valence-corrected chi connectivity index (χ4v) is 3.01. The van der Waals surface area contributed by atoms with Crippen LogP contribution in [0.1, 0.15) is 36.5 Å². The maximum absolute atomic E-state index is 10.4. The summed E-state index contributed by atoms with van der Waals surface area (Å²) in [5.74, 6) is 1.04. The Balaban J connectivity index is 1.97. The topological polar surface area (TPSA) is 61.7 Å². The molecule has 0 heterocycles. The van der Waals surface area contributed by atoms with Crippen LogP contribution in [-0.4, -0.2) is 36.5 Å². The zero-order valence-corrected chi connectivity index (χ0v) is 12.3. The van der Waals surface area contributed by atoms with Gasteiger partial charge in [0, 0.05) is 24.8 Å². The second kappa shape index (κ2) is 7.07. The fraction of sp³-hybridized carbons (Fsp3) is 0.625. The number of benzene rings is 1. The monoisotopic (exact) mass is 279 g/mol. The molecular weight excluding hydrogens is 254 g/mol. The van der Waals surface area contributed by atoms with E-state index < -0.39 is 6.10 Å². The third-order valence-electron chi connectivity index (χ3n) is 4.21. The lowest BCUT2D eigenvalue weighted by Gasteiger charge is -2.22.